The van der Waals surface area contributed by atoms with Crippen LogP contribution in [0.2, 0.25) is 0 Å². The van der Waals surface area contributed by atoms with E-state index in [9.17, 15) is 9.90 Å². The van der Waals surface area contributed by atoms with Crippen molar-refractivity contribution in [1.82, 2.24) is 0 Å². The van der Waals surface area contributed by atoms with Crippen molar-refractivity contribution in [3.05, 3.63) is 112 Å². The molecule has 0 spiro atoms. The van der Waals surface area contributed by atoms with E-state index in [0.717, 1.165) is 51.8 Å². The molecule has 3 aromatic carbocycles. The van der Waals surface area contributed by atoms with E-state index in [2.05, 4.69) is 36.9 Å². The smallest absolute Gasteiger partial charge is 0.343 e. The van der Waals surface area contributed by atoms with Crippen molar-refractivity contribution in [2.75, 3.05) is 18.0 Å². The first kappa shape index (κ1) is 24.3. The van der Waals surface area contributed by atoms with Gasteiger partial charge < -0.3 is 14.4 Å². The Morgan fingerprint density at radius 3 is 2.51 bits per heavy atom. The summed E-state index contributed by atoms with van der Waals surface area (Å²) < 4.78 is 7.80. The number of aromatic nitrogens is 1. The summed E-state index contributed by atoms with van der Waals surface area (Å²) in [5, 5.41) is 12.5. The number of anilines is 1. The normalized spacial score (nSPS) is 11.8. The molecule has 5 rings (SSSR count). The van der Waals surface area contributed by atoms with Gasteiger partial charge in [-0.15, -0.1) is 0 Å². The molecule has 2 aromatic heterocycles. The SMILES string of the molecule is CCN(CC)c1ccc2cc(/C(C)=C/c3cc[n+](Cc4ccccc4)c4c(O)cccc34)c(=O)oc2c1. The van der Waals surface area contributed by atoms with Crippen LogP contribution in [-0.4, -0.2) is 18.2 Å². The third-order valence-corrected chi connectivity index (χ3v) is 6.89. The maximum Gasteiger partial charge on any atom is 0.343 e. The molecule has 0 bridgehead atoms. The molecule has 0 radical (unpaired) electrons. The fourth-order valence-electron chi connectivity index (χ4n) is 4.91. The first-order chi connectivity index (χ1) is 18.0. The Hall–Kier alpha value is -4.38. The van der Waals surface area contributed by atoms with Crippen LogP contribution in [0.25, 0.3) is 33.5 Å². The molecule has 1 N–H and O–H groups in total. The lowest BCUT2D eigenvalue weighted by Crippen LogP contribution is -2.35. The topological polar surface area (TPSA) is 57.6 Å². The summed E-state index contributed by atoms with van der Waals surface area (Å²) in [6.07, 6.45) is 3.96. The van der Waals surface area contributed by atoms with Crippen LogP contribution < -0.4 is 15.1 Å². The number of nitrogens with zero attached hydrogens (tertiary/aromatic N) is 2. The van der Waals surface area contributed by atoms with Gasteiger partial charge in [0.05, 0.1) is 10.9 Å². The van der Waals surface area contributed by atoms with Crippen LogP contribution in [0.15, 0.2) is 94.3 Å². The van der Waals surface area contributed by atoms with Crippen molar-refractivity contribution in [3.63, 3.8) is 0 Å². The lowest BCUT2D eigenvalue weighted by molar-refractivity contribution is -0.662. The minimum absolute atomic E-state index is 0.218. The van der Waals surface area contributed by atoms with Crippen LogP contribution in [0.1, 0.15) is 37.5 Å². The highest BCUT2D eigenvalue weighted by atomic mass is 16.4. The summed E-state index contributed by atoms with van der Waals surface area (Å²) >= 11 is 0. The summed E-state index contributed by atoms with van der Waals surface area (Å²) in [7, 11) is 0. The number of hydrogen-bond acceptors (Lipinski definition) is 4. The number of aromatic hydroxyl groups is 1. The van der Waals surface area contributed by atoms with Crippen molar-refractivity contribution in [1.29, 1.82) is 0 Å². The molecule has 186 valence electrons. The van der Waals surface area contributed by atoms with Gasteiger partial charge in [-0.3, -0.25) is 0 Å². The average Bonchev–Trinajstić information content (AvgIpc) is 2.91. The number of allylic oxidation sites excluding steroid dienone is 1. The third kappa shape index (κ3) is 4.85. The second-order valence-electron chi connectivity index (χ2n) is 9.23. The van der Waals surface area contributed by atoms with Crippen LogP contribution in [0.3, 0.4) is 0 Å². The Labute approximate surface area is 216 Å². The zero-order valence-electron chi connectivity index (χ0n) is 21.4. The standard InChI is InChI=1S/C32H30N2O3/c1-4-33(5-2)26-15-14-25-19-28(32(36)37-30(25)20-26)22(3)18-24-16-17-34(21-23-10-7-6-8-11-23)31-27(24)12-9-13-29(31)35/h6-20H,4-5,21H2,1-3H3/p+1. The van der Waals surface area contributed by atoms with Gasteiger partial charge >= 0.3 is 5.63 Å². The Kier molecular flexibility index (Phi) is 6.78. The van der Waals surface area contributed by atoms with Gasteiger partial charge in [0, 0.05) is 41.9 Å². The van der Waals surface area contributed by atoms with E-state index < -0.39 is 0 Å². The van der Waals surface area contributed by atoms with E-state index in [4.69, 9.17) is 4.42 Å². The molecule has 0 atom stereocenters. The average molecular weight is 492 g/mol. The fourth-order valence-corrected chi connectivity index (χ4v) is 4.91. The van der Waals surface area contributed by atoms with E-state index in [1.807, 2.05) is 78.4 Å². The largest absolute Gasteiger partial charge is 0.502 e. The van der Waals surface area contributed by atoms with Crippen molar-refractivity contribution >= 4 is 39.2 Å². The first-order valence-electron chi connectivity index (χ1n) is 12.7. The van der Waals surface area contributed by atoms with Crippen molar-refractivity contribution < 1.29 is 14.1 Å². The lowest BCUT2D eigenvalue weighted by atomic mass is 10.0. The molecule has 2 heterocycles. The molecule has 0 aliphatic carbocycles. The number of benzene rings is 3. The van der Waals surface area contributed by atoms with Crippen LogP contribution in [0, 0.1) is 0 Å². The van der Waals surface area contributed by atoms with E-state index in [1.165, 1.54) is 0 Å². The molecule has 0 saturated carbocycles. The highest BCUT2D eigenvalue weighted by molar-refractivity contribution is 5.95. The highest BCUT2D eigenvalue weighted by Gasteiger charge is 2.17. The van der Waals surface area contributed by atoms with Crippen LogP contribution in [0.5, 0.6) is 5.75 Å². The summed E-state index contributed by atoms with van der Waals surface area (Å²) in [6, 6.07) is 25.6. The van der Waals surface area contributed by atoms with Gasteiger partial charge in [-0.05, 0) is 62.2 Å². The quantitative estimate of drug-likeness (QED) is 0.212. The van der Waals surface area contributed by atoms with Gasteiger partial charge in [0.25, 0.3) is 5.52 Å². The second kappa shape index (κ2) is 10.3. The molecule has 5 aromatic rings. The number of phenols is 1. The van der Waals surface area contributed by atoms with E-state index in [1.54, 1.807) is 6.07 Å². The molecule has 0 aliphatic heterocycles. The molecular formula is C32H31N2O3+. The summed E-state index contributed by atoms with van der Waals surface area (Å²) in [5.74, 6) is 0.218. The van der Waals surface area contributed by atoms with Crippen LogP contribution in [0.4, 0.5) is 5.69 Å². The van der Waals surface area contributed by atoms with Gasteiger partial charge in [-0.2, -0.15) is 4.57 Å². The van der Waals surface area contributed by atoms with E-state index >= 15 is 0 Å². The third-order valence-electron chi connectivity index (χ3n) is 6.89. The summed E-state index contributed by atoms with van der Waals surface area (Å²) in [5.41, 5.74) is 5.41. The Bertz CT molecular complexity index is 1670. The molecule has 5 heteroatoms. The molecular weight excluding hydrogens is 460 g/mol. The number of hydrogen-bond donors (Lipinski definition) is 1. The number of para-hydroxylation sites is 1. The van der Waals surface area contributed by atoms with Crippen molar-refractivity contribution in [3.8, 4) is 5.75 Å². The van der Waals surface area contributed by atoms with Crippen LogP contribution >= 0.6 is 0 Å². The number of pyridine rings is 1. The Balaban J connectivity index is 1.56. The van der Waals surface area contributed by atoms with Gasteiger partial charge in [0.1, 0.15) is 5.58 Å². The molecule has 5 nitrogen and oxygen atoms in total. The molecule has 0 saturated heterocycles. The van der Waals surface area contributed by atoms with Crippen LogP contribution in [-0.2, 0) is 6.54 Å². The number of rotatable bonds is 7. The molecule has 0 amide bonds. The first-order valence-corrected chi connectivity index (χ1v) is 12.7. The monoisotopic (exact) mass is 491 g/mol. The minimum Gasteiger partial charge on any atom is -0.502 e. The summed E-state index contributed by atoms with van der Waals surface area (Å²) in [6.45, 7) is 8.55. The minimum atomic E-state index is -0.361. The molecule has 0 fully saturated rings. The van der Waals surface area contributed by atoms with Crippen molar-refractivity contribution in [2.45, 2.75) is 27.3 Å². The second-order valence-corrected chi connectivity index (χ2v) is 9.23. The number of fused-ring (bicyclic) bond motifs is 2. The molecule has 0 aliphatic rings. The van der Waals surface area contributed by atoms with Gasteiger partial charge in [-0.25, -0.2) is 4.79 Å². The zero-order chi connectivity index (χ0) is 25.9. The van der Waals surface area contributed by atoms with E-state index in [0.29, 0.717) is 17.7 Å². The zero-order valence-corrected chi connectivity index (χ0v) is 21.4. The number of phenolic OH excluding ortho intramolecular Hbond substituents is 1. The Morgan fingerprint density at radius 2 is 1.76 bits per heavy atom. The maximum atomic E-state index is 13.0. The summed E-state index contributed by atoms with van der Waals surface area (Å²) in [4.78, 5) is 15.2. The molecule has 37 heavy (non-hydrogen) atoms. The fraction of sp³-hybridized carbons (Fsp3) is 0.188. The van der Waals surface area contributed by atoms with Crippen molar-refractivity contribution in [2.24, 2.45) is 0 Å². The van der Waals surface area contributed by atoms with E-state index in [-0.39, 0.29) is 11.4 Å². The van der Waals surface area contributed by atoms with Gasteiger partial charge in [0.15, 0.2) is 18.5 Å². The highest BCUT2D eigenvalue weighted by Crippen LogP contribution is 2.28. The van der Waals surface area contributed by atoms with Gasteiger partial charge in [-0.1, -0.05) is 42.5 Å². The van der Waals surface area contributed by atoms with Gasteiger partial charge in [0.2, 0.25) is 0 Å². The predicted octanol–water partition coefficient (Wildman–Crippen LogP) is 6.39. The molecule has 0 unspecified atom stereocenters. The Morgan fingerprint density at radius 1 is 0.973 bits per heavy atom. The maximum absolute atomic E-state index is 13.0. The lowest BCUT2D eigenvalue weighted by Gasteiger charge is -2.21. The predicted molar refractivity (Wildman–Crippen MR) is 151 cm³/mol.